The highest BCUT2D eigenvalue weighted by Crippen LogP contribution is 2.36. The fourth-order valence-electron chi connectivity index (χ4n) is 3.81. The van der Waals surface area contributed by atoms with Gasteiger partial charge in [-0.2, -0.15) is 0 Å². The number of anilines is 1. The van der Waals surface area contributed by atoms with Gasteiger partial charge in [0.25, 0.3) is 0 Å². The number of nitrogens with one attached hydrogen (secondary N) is 2. The lowest BCUT2D eigenvalue weighted by atomic mass is 9.96. The van der Waals surface area contributed by atoms with Crippen LogP contribution in [0.5, 0.6) is 0 Å². The van der Waals surface area contributed by atoms with E-state index in [9.17, 15) is 14.4 Å². The Kier molecular flexibility index (Phi) is 6.08. The SMILES string of the molecule is Cc1ccc(CNC(=O)C2CCCN(C(=O)C3Sc4ccccc4NC3=O)C2)cc1. The summed E-state index contributed by atoms with van der Waals surface area (Å²) in [5, 5.41) is 5.00. The Morgan fingerprint density at radius 3 is 2.73 bits per heavy atom. The Labute approximate surface area is 180 Å². The number of piperidine rings is 1. The van der Waals surface area contributed by atoms with E-state index in [1.807, 2.05) is 55.5 Å². The second-order valence-corrected chi connectivity index (χ2v) is 8.96. The van der Waals surface area contributed by atoms with Crippen LogP contribution in [0.3, 0.4) is 0 Å². The topological polar surface area (TPSA) is 78.5 Å². The standard InChI is InChI=1S/C23H25N3O3S/c1-15-8-10-16(11-9-15)13-24-21(27)17-5-4-12-26(14-17)23(29)20-22(28)25-18-6-2-3-7-19(18)30-20/h2-3,6-11,17,20H,4-5,12-14H2,1H3,(H,24,27)(H,25,28). The Morgan fingerprint density at radius 2 is 1.93 bits per heavy atom. The number of likely N-dealkylation sites (tertiary alicyclic amines) is 1. The maximum absolute atomic E-state index is 13.1. The number of hydrogen-bond donors (Lipinski definition) is 2. The molecule has 0 spiro atoms. The number of carbonyl (C=O) groups is 3. The van der Waals surface area contributed by atoms with Gasteiger partial charge in [0.05, 0.1) is 11.6 Å². The van der Waals surface area contributed by atoms with Crippen molar-refractivity contribution in [2.45, 2.75) is 36.5 Å². The van der Waals surface area contributed by atoms with Crippen LogP contribution in [-0.4, -0.2) is 41.0 Å². The summed E-state index contributed by atoms with van der Waals surface area (Å²) >= 11 is 1.28. The van der Waals surface area contributed by atoms with E-state index in [4.69, 9.17) is 0 Å². The van der Waals surface area contributed by atoms with Crippen molar-refractivity contribution in [1.82, 2.24) is 10.2 Å². The molecule has 1 saturated heterocycles. The molecule has 6 nitrogen and oxygen atoms in total. The average molecular weight is 424 g/mol. The average Bonchev–Trinajstić information content (AvgIpc) is 2.77. The first-order valence-corrected chi connectivity index (χ1v) is 11.1. The molecule has 2 heterocycles. The lowest BCUT2D eigenvalue weighted by Gasteiger charge is -2.35. The van der Waals surface area contributed by atoms with Crippen LogP contribution in [0.25, 0.3) is 0 Å². The van der Waals surface area contributed by atoms with Crippen molar-refractivity contribution in [1.29, 1.82) is 0 Å². The molecule has 30 heavy (non-hydrogen) atoms. The second kappa shape index (κ2) is 8.92. The summed E-state index contributed by atoms with van der Waals surface area (Å²) in [5.41, 5.74) is 2.97. The number of carbonyl (C=O) groups excluding carboxylic acids is 3. The quantitative estimate of drug-likeness (QED) is 0.741. The number of para-hydroxylation sites is 1. The minimum Gasteiger partial charge on any atom is -0.352 e. The minimum atomic E-state index is -0.811. The van der Waals surface area contributed by atoms with Gasteiger partial charge in [-0.15, -0.1) is 11.8 Å². The van der Waals surface area contributed by atoms with Crippen molar-refractivity contribution < 1.29 is 14.4 Å². The highest BCUT2D eigenvalue weighted by atomic mass is 32.2. The number of nitrogens with zero attached hydrogens (tertiary/aromatic N) is 1. The van der Waals surface area contributed by atoms with Gasteiger partial charge < -0.3 is 15.5 Å². The van der Waals surface area contributed by atoms with Crippen LogP contribution in [0.1, 0.15) is 24.0 Å². The lowest BCUT2D eigenvalue weighted by molar-refractivity contribution is -0.137. The van der Waals surface area contributed by atoms with Gasteiger partial charge in [0.2, 0.25) is 17.7 Å². The molecule has 3 amide bonds. The molecule has 4 rings (SSSR count). The van der Waals surface area contributed by atoms with Crippen molar-refractivity contribution in [2.75, 3.05) is 18.4 Å². The number of rotatable bonds is 4. The zero-order chi connectivity index (χ0) is 21.1. The smallest absolute Gasteiger partial charge is 0.247 e. The molecule has 156 valence electrons. The van der Waals surface area contributed by atoms with Gasteiger partial charge in [-0.25, -0.2) is 0 Å². The summed E-state index contributed by atoms with van der Waals surface area (Å²) in [6, 6.07) is 15.5. The van der Waals surface area contributed by atoms with Crippen molar-refractivity contribution in [3.8, 4) is 0 Å². The van der Waals surface area contributed by atoms with E-state index >= 15 is 0 Å². The monoisotopic (exact) mass is 423 g/mol. The lowest BCUT2D eigenvalue weighted by Crippen LogP contribution is -2.50. The fourth-order valence-corrected chi connectivity index (χ4v) is 4.88. The molecule has 2 unspecified atom stereocenters. The number of aryl methyl sites for hydroxylation is 1. The summed E-state index contributed by atoms with van der Waals surface area (Å²) < 4.78 is 0. The molecule has 0 aliphatic carbocycles. The summed E-state index contributed by atoms with van der Waals surface area (Å²) in [4.78, 5) is 40.8. The molecule has 2 atom stereocenters. The molecule has 2 aliphatic rings. The Hall–Kier alpha value is -2.80. The highest BCUT2D eigenvalue weighted by Gasteiger charge is 2.38. The van der Waals surface area contributed by atoms with Crippen molar-refractivity contribution in [2.24, 2.45) is 5.92 Å². The van der Waals surface area contributed by atoms with Crippen LogP contribution in [0.15, 0.2) is 53.4 Å². The Morgan fingerprint density at radius 1 is 1.17 bits per heavy atom. The zero-order valence-electron chi connectivity index (χ0n) is 16.9. The summed E-state index contributed by atoms with van der Waals surface area (Å²) in [6.45, 7) is 3.43. The number of benzene rings is 2. The highest BCUT2D eigenvalue weighted by molar-refractivity contribution is 8.01. The van der Waals surface area contributed by atoms with Crippen molar-refractivity contribution in [3.05, 3.63) is 59.7 Å². The van der Waals surface area contributed by atoms with Crippen LogP contribution < -0.4 is 10.6 Å². The molecular formula is C23H25N3O3S. The summed E-state index contributed by atoms with van der Waals surface area (Å²) in [6.07, 6.45) is 1.50. The molecule has 2 aromatic rings. The Bertz CT molecular complexity index is 960. The van der Waals surface area contributed by atoms with Crippen molar-refractivity contribution >= 4 is 35.2 Å². The molecule has 0 saturated carbocycles. The number of fused-ring (bicyclic) bond motifs is 1. The predicted molar refractivity (Wildman–Crippen MR) is 117 cm³/mol. The van der Waals surface area contributed by atoms with Gasteiger partial charge in [-0.1, -0.05) is 42.0 Å². The zero-order valence-corrected chi connectivity index (χ0v) is 17.7. The maximum atomic E-state index is 13.1. The molecule has 0 bridgehead atoms. The predicted octanol–water partition coefficient (Wildman–Crippen LogP) is 2.96. The van der Waals surface area contributed by atoms with E-state index in [1.54, 1.807) is 4.90 Å². The largest absolute Gasteiger partial charge is 0.352 e. The molecule has 7 heteroatoms. The van der Waals surface area contributed by atoms with Crippen LogP contribution in [0, 0.1) is 12.8 Å². The van der Waals surface area contributed by atoms with Crippen molar-refractivity contribution in [3.63, 3.8) is 0 Å². The van der Waals surface area contributed by atoms with E-state index < -0.39 is 5.25 Å². The molecule has 2 aliphatic heterocycles. The number of amides is 3. The molecule has 2 N–H and O–H groups in total. The molecule has 1 fully saturated rings. The van der Waals surface area contributed by atoms with E-state index in [1.165, 1.54) is 17.3 Å². The van der Waals surface area contributed by atoms with Crippen LogP contribution in [0.2, 0.25) is 0 Å². The van der Waals surface area contributed by atoms with Gasteiger partial charge in [-0.3, -0.25) is 14.4 Å². The first-order valence-electron chi connectivity index (χ1n) is 10.2. The third-order valence-corrected chi connectivity index (χ3v) is 6.80. The third-order valence-electron chi connectivity index (χ3n) is 5.54. The maximum Gasteiger partial charge on any atom is 0.247 e. The van der Waals surface area contributed by atoms with E-state index in [2.05, 4.69) is 10.6 Å². The minimum absolute atomic E-state index is 0.0424. The summed E-state index contributed by atoms with van der Waals surface area (Å²) in [7, 11) is 0. The van der Waals surface area contributed by atoms with E-state index in [0.29, 0.717) is 19.6 Å². The molecular weight excluding hydrogens is 398 g/mol. The van der Waals surface area contributed by atoms with Gasteiger partial charge in [0.15, 0.2) is 5.25 Å². The van der Waals surface area contributed by atoms with Crippen LogP contribution >= 0.6 is 11.8 Å². The Balaban J connectivity index is 1.36. The summed E-state index contributed by atoms with van der Waals surface area (Å²) in [5.74, 6) is -0.811. The van der Waals surface area contributed by atoms with Gasteiger partial charge in [0.1, 0.15) is 0 Å². The number of thioether (sulfide) groups is 1. The third kappa shape index (κ3) is 4.51. The first kappa shape index (κ1) is 20.5. The van der Waals surface area contributed by atoms with Gasteiger partial charge in [0, 0.05) is 24.5 Å². The second-order valence-electron chi connectivity index (χ2n) is 7.81. The van der Waals surface area contributed by atoms with E-state index in [0.717, 1.165) is 29.0 Å². The molecule has 2 aromatic carbocycles. The van der Waals surface area contributed by atoms with E-state index in [-0.39, 0.29) is 23.6 Å². The number of hydrogen-bond acceptors (Lipinski definition) is 4. The fraction of sp³-hybridized carbons (Fsp3) is 0.348. The molecule has 0 aromatic heterocycles. The van der Waals surface area contributed by atoms with Crippen LogP contribution in [0.4, 0.5) is 5.69 Å². The first-order chi connectivity index (χ1) is 14.5. The normalized spacial score (nSPS) is 20.8. The molecule has 0 radical (unpaired) electrons. The van der Waals surface area contributed by atoms with Gasteiger partial charge in [-0.05, 0) is 37.5 Å². The van der Waals surface area contributed by atoms with Gasteiger partial charge >= 0.3 is 0 Å². The van der Waals surface area contributed by atoms with Crippen LogP contribution in [-0.2, 0) is 20.9 Å².